The fraction of sp³-hybridized carbons (Fsp3) is 0.364. The summed E-state index contributed by atoms with van der Waals surface area (Å²) in [7, 11) is 0. The van der Waals surface area contributed by atoms with Gasteiger partial charge in [-0.2, -0.15) is 0 Å². The Morgan fingerprint density at radius 3 is 2.42 bits per heavy atom. The van der Waals surface area contributed by atoms with Crippen LogP contribution < -0.4 is 5.32 Å². The molecule has 0 aliphatic rings. The lowest BCUT2D eigenvalue weighted by atomic mass is 10.0. The Bertz CT molecular complexity index is 740. The van der Waals surface area contributed by atoms with Crippen molar-refractivity contribution in [1.82, 2.24) is 5.32 Å². The molecule has 0 aromatic heterocycles. The number of nitrogens with one attached hydrogen (secondary N) is 1. The van der Waals surface area contributed by atoms with Crippen LogP contribution in [0, 0.1) is 13.8 Å². The molecule has 1 amide bonds. The maximum absolute atomic E-state index is 12.2. The van der Waals surface area contributed by atoms with E-state index in [9.17, 15) is 9.59 Å². The lowest BCUT2D eigenvalue weighted by Crippen LogP contribution is -2.32. The number of rotatable bonds is 8. The number of ether oxygens (including phenoxy) is 1. The monoisotopic (exact) mass is 353 g/mol. The fourth-order valence-electron chi connectivity index (χ4n) is 2.81. The van der Waals surface area contributed by atoms with Crippen molar-refractivity contribution in [2.45, 2.75) is 46.1 Å². The van der Waals surface area contributed by atoms with Gasteiger partial charge >= 0.3 is 5.97 Å². The van der Waals surface area contributed by atoms with Gasteiger partial charge in [0.1, 0.15) is 0 Å². The molecule has 0 unspecified atom stereocenters. The zero-order valence-electron chi connectivity index (χ0n) is 15.7. The Morgan fingerprint density at radius 1 is 1.04 bits per heavy atom. The molecule has 4 nitrogen and oxygen atoms in total. The van der Waals surface area contributed by atoms with E-state index in [1.807, 2.05) is 62.4 Å². The van der Waals surface area contributed by atoms with Crippen molar-refractivity contribution >= 4 is 11.9 Å². The summed E-state index contributed by atoms with van der Waals surface area (Å²) in [6, 6.07) is 15.6. The summed E-state index contributed by atoms with van der Waals surface area (Å²) in [4.78, 5) is 24.2. The number of carbonyl (C=O) groups is 2. The van der Waals surface area contributed by atoms with E-state index in [-0.39, 0.29) is 25.0 Å². The minimum Gasteiger partial charge on any atom is -0.455 e. The molecule has 0 aliphatic carbocycles. The molecule has 4 heteroatoms. The van der Waals surface area contributed by atoms with Gasteiger partial charge in [0.2, 0.25) is 0 Å². The average molecular weight is 353 g/mol. The summed E-state index contributed by atoms with van der Waals surface area (Å²) in [6.45, 7) is 5.86. The molecule has 2 aromatic carbocycles. The van der Waals surface area contributed by atoms with Crippen LogP contribution in [-0.2, 0) is 20.7 Å². The molecule has 1 atom stereocenters. The number of hydrogen-bond acceptors (Lipinski definition) is 3. The summed E-state index contributed by atoms with van der Waals surface area (Å²) < 4.78 is 5.14. The molecule has 0 heterocycles. The van der Waals surface area contributed by atoms with E-state index < -0.39 is 5.97 Å². The van der Waals surface area contributed by atoms with Gasteiger partial charge in [-0.1, -0.05) is 61.9 Å². The van der Waals surface area contributed by atoms with Crippen molar-refractivity contribution < 1.29 is 14.3 Å². The van der Waals surface area contributed by atoms with Crippen LogP contribution in [0.1, 0.15) is 48.1 Å². The third-order valence-electron chi connectivity index (χ3n) is 4.40. The number of benzene rings is 2. The van der Waals surface area contributed by atoms with E-state index in [0.29, 0.717) is 0 Å². The van der Waals surface area contributed by atoms with E-state index in [1.165, 1.54) is 5.56 Å². The van der Waals surface area contributed by atoms with E-state index in [4.69, 9.17) is 4.74 Å². The van der Waals surface area contributed by atoms with Crippen LogP contribution in [-0.4, -0.2) is 18.5 Å². The molecule has 0 saturated carbocycles. The predicted octanol–water partition coefficient (Wildman–Crippen LogP) is 4.05. The topological polar surface area (TPSA) is 55.4 Å². The molecule has 26 heavy (non-hydrogen) atoms. The molecule has 0 fully saturated rings. The molecule has 1 N–H and O–H groups in total. The summed E-state index contributed by atoms with van der Waals surface area (Å²) in [5.74, 6) is -0.670. The van der Waals surface area contributed by atoms with E-state index in [2.05, 4.69) is 12.2 Å². The highest BCUT2D eigenvalue weighted by atomic mass is 16.5. The second-order valence-corrected chi connectivity index (χ2v) is 6.58. The summed E-state index contributed by atoms with van der Waals surface area (Å²) in [5.41, 5.74) is 4.28. The maximum Gasteiger partial charge on any atom is 0.310 e. The molecule has 138 valence electrons. The fourth-order valence-corrected chi connectivity index (χ4v) is 2.81. The molecule has 0 saturated heterocycles. The van der Waals surface area contributed by atoms with Crippen LogP contribution in [0.15, 0.2) is 48.5 Å². The Balaban J connectivity index is 1.84. The largest absolute Gasteiger partial charge is 0.455 e. The highest BCUT2D eigenvalue weighted by Crippen LogP contribution is 2.18. The third-order valence-corrected chi connectivity index (χ3v) is 4.40. The van der Waals surface area contributed by atoms with E-state index in [0.717, 1.165) is 29.5 Å². The van der Waals surface area contributed by atoms with Crippen molar-refractivity contribution in [3.05, 3.63) is 70.8 Å². The lowest BCUT2D eigenvalue weighted by molar-refractivity contribution is -0.148. The maximum atomic E-state index is 12.2. The van der Waals surface area contributed by atoms with E-state index in [1.54, 1.807) is 0 Å². The number of esters is 1. The molecule has 0 radical (unpaired) electrons. The van der Waals surface area contributed by atoms with E-state index >= 15 is 0 Å². The minimum absolute atomic E-state index is 0.0628. The van der Waals surface area contributed by atoms with Crippen molar-refractivity contribution in [1.29, 1.82) is 0 Å². The number of hydrogen-bond donors (Lipinski definition) is 1. The van der Waals surface area contributed by atoms with Gasteiger partial charge in [0, 0.05) is 0 Å². The van der Waals surface area contributed by atoms with Gasteiger partial charge in [0.05, 0.1) is 12.5 Å². The van der Waals surface area contributed by atoms with Gasteiger partial charge in [-0.15, -0.1) is 0 Å². The molecule has 0 spiro atoms. The first-order valence-electron chi connectivity index (χ1n) is 9.05. The third kappa shape index (κ3) is 6.03. The van der Waals surface area contributed by atoms with Gasteiger partial charge in [-0.3, -0.25) is 9.59 Å². The first-order valence-corrected chi connectivity index (χ1v) is 9.05. The number of aryl methyl sites for hydroxylation is 2. The molecule has 2 rings (SSSR count). The average Bonchev–Trinajstić information content (AvgIpc) is 2.63. The van der Waals surface area contributed by atoms with Crippen molar-refractivity contribution in [3.8, 4) is 0 Å². The van der Waals surface area contributed by atoms with Crippen LogP contribution in [0.25, 0.3) is 0 Å². The highest BCUT2D eigenvalue weighted by Gasteiger charge is 2.15. The zero-order chi connectivity index (χ0) is 18.9. The van der Waals surface area contributed by atoms with Gasteiger partial charge in [-0.25, -0.2) is 0 Å². The number of carbonyl (C=O) groups excluding carboxylic acids is 2. The predicted molar refractivity (Wildman–Crippen MR) is 103 cm³/mol. The smallest absolute Gasteiger partial charge is 0.310 e. The molecule has 0 aliphatic heterocycles. The van der Waals surface area contributed by atoms with Gasteiger partial charge in [0.15, 0.2) is 6.61 Å². The SMILES string of the molecule is CCC[C@H](NC(=O)COC(=O)Cc1ccc(C)c(C)c1)c1ccccc1. The molecular weight excluding hydrogens is 326 g/mol. The zero-order valence-corrected chi connectivity index (χ0v) is 15.7. The van der Waals surface area contributed by atoms with Crippen LogP contribution >= 0.6 is 0 Å². The quantitative estimate of drug-likeness (QED) is 0.729. The Morgan fingerprint density at radius 2 is 1.77 bits per heavy atom. The van der Waals surface area contributed by atoms with Crippen molar-refractivity contribution in [2.75, 3.05) is 6.61 Å². The molecular formula is C22H27NO3. The van der Waals surface area contributed by atoms with Crippen molar-refractivity contribution in [3.63, 3.8) is 0 Å². The first kappa shape index (κ1) is 19.7. The van der Waals surface area contributed by atoms with Crippen LogP contribution in [0.2, 0.25) is 0 Å². The molecule has 2 aromatic rings. The molecule has 0 bridgehead atoms. The summed E-state index contributed by atoms with van der Waals surface area (Å²) in [6.07, 6.45) is 1.96. The Labute approximate surface area is 155 Å². The van der Waals surface area contributed by atoms with Crippen LogP contribution in [0.3, 0.4) is 0 Å². The highest BCUT2D eigenvalue weighted by molar-refractivity contribution is 5.81. The van der Waals surface area contributed by atoms with Gasteiger partial charge < -0.3 is 10.1 Å². The lowest BCUT2D eigenvalue weighted by Gasteiger charge is -2.18. The normalized spacial score (nSPS) is 11.7. The summed E-state index contributed by atoms with van der Waals surface area (Å²) in [5, 5.41) is 2.95. The standard InChI is InChI=1S/C22H27NO3/c1-4-8-20(19-9-6-5-7-10-19)23-21(24)15-26-22(25)14-18-12-11-16(2)17(3)13-18/h5-7,9-13,20H,4,8,14-15H2,1-3H3,(H,23,24)/t20-/m0/s1. The summed E-state index contributed by atoms with van der Waals surface area (Å²) >= 11 is 0. The van der Waals surface area contributed by atoms with Crippen LogP contribution in [0.5, 0.6) is 0 Å². The second-order valence-electron chi connectivity index (χ2n) is 6.58. The first-order chi connectivity index (χ1) is 12.5. The minimum atomic E-state index is -0.393. The van der Waals surface area contributed by atoms with Crippen molar-refractivity contribution in [2.24, 2.45) is 0 Å². The van der Waals surface area contributed by atoms with Gasteiger partial charge in [0.25, 0.3) is 5.91 Å². The Kier molecular flexibility index (Phi) is 7.39. The Hall–Kier alpha value is -2.62. The van der Waals surface area contributed by atoms with Crippen LogP contribution in [0.4, 0.5) is 0 Å². The number of amides is 1. The second kappa shape index (κ2) is 9.76. The van der Waals surface area contributed by atoms with Gasteiger partial charge in [-0.05, 0) is 42.5 Å².